The first-order valence-corrected chi connectivity index (χ1v) is 10.2. The number of hydrogen-bond donors (Lipinski definition) is 1. The molecule has 5 rings (SSSR count). The molecule has 7 nitrogen and oxygen atoms in total. The van der Waals surface area contributed by atoms with E-state index in [1.807, 2.05) is 47.1 Å². The first-order valence-electron chi connectivity index (χ1n) is 10.2. The quantitative estimate of drug-likeness (QED) is 0.477. The monoisotopic (exact) mass is 404 g/mol. The van der Waals surface area contributed by atoms with Crippen molar-refractivity contribution in [1.82, 2.24) is 19.7 Å². The largest absolute Gasteiger partial charge is 0.491 e. The maximum absolute atomic E-state index is 6.24. The number of imidazole rings is 1. The van der Waals surface area contributed by atoms with E-state index in [1.165, 1.54) is 0 Å². The lowest BCUT2D eigenvalue weighted by Crippen LogP contribution is -2.19. The van der Waals surface area contributed by atoms with Crippen LogP contribution in [0.3, 0.4) is 0 Å². The van der Waals surface area contributed by atoms with Crippen molar-refractivity contribution < 1.29 is 14.2 Å². The Bertz CT molecular complexity index is 1170. The first kappa shape index (κ1) is 18.8. The number of ether oxygens (including phenoxy) is 3. The Morgan fingerprint density at radius 1 is 1.17 bits per heavy atom. The smallest absolute Gasteiger partial charge is 0.146 e. The van der Waals surface area contributed by atoms with Crippen molar-refractivity contribution in [2.75, 3.05) is 33.4 Å². The summed E-state index contributed by atoms with van der Waals surface area (Å²) in [7, 11) is 1.66. The lowest BCUT2D eigenvalue weighted by molar-refractivity contribution is 0.146. The van der Waals surface area contributed by atoms with Gasteiger partial charge in [-0.2, -0.15) is 0 Å². The van der Waals surface area contributed by atoms with Gasteiger partial charge in [-0.3, -0.25) is 4.40 Å². The molecule has 1 N–H and O–H groups in total. The van der Waals surface area contributed by atoms with E-state index in [1.54, 1.807) is 7.11 Å². The van der Waals surface area contributed by atoms with Crippen LogP contribution in [0.4, 0.5) is 0 Å². The molecule has 0 saturated carbocycles. The van der Waals surface area contributed by atoms with E-state index in [2.05, 4.69) is 22.4 Å². The predicted octanol–water partition coefficient (Wildman–Crippen LogP) is 3.32. The number of hydrogen-bond acceptors (Lipinski definition) is 6. The molecule has 1 aliphatic heterocycles. The number of methoxy groups -OCH3 is 1. The minimum atomic E-state index is 0.188. The zero-order chi connectivity index (χ0) is 20.3. The third kappa shape index (κ3) is 3.69. The summed E-state index contributed by atoms with van der Waals surface area (Å²) in [6.45, 7) is 2.92. The molecule has 0 bridgehead atoms. The number of nitrogens with one attached hydrogen (secondary N) is 1. The molecule has 1 aliphatic rings. The third-order valence-electron chi connectivity index (χ3n) is 5.30. The highest BCUT2D eigenvalue weighted by Crippen LogP contribution is 2.29. The molecule has 0 radical (unpaired) electrons. The second-order valence-corrected chi connectivity index (χ2v) is 7.33. The maximum atomic E-state index is 6.24. The van der Waals surface area contributed by atoms with E-state index in [4.69, 9.17) is 19.2 Å². The summed E-state index contributed by atoms with van der Waals surface area (Å²) in [5.41, 5.74) is 3.45. The Morgan fingerprint density at radius 3 is 3.00 bits per heavy atom. The fourth-order valence-corrected chi connectivity index (χ4v) is 3.75. The minimum Gasteiger partial charge on any atom is -0.491 e. The van der Waals surface area contributed by atoms with Crippen LogP contribution in [0.5, 0.6) is 11.5 Å². The third-order valence-corrected chi connectivity index (χ3v) is 5.30. The molecule has 7 heteroatoms. The molecule has 0 unspecified atom stereocenters. The molecular weight excluding hydrogens is 380 g/mol. The molecule has 4 aromatic rings. The van der Waals surface area contributed by atoms with Crippen LogP contribution in [-0.4, -0.2) is 53.9 Å². The van der Waals surface area contributed by atoms with E-state index in [9.17, 15) is 0 Å². The Morgan fingerprint density at radius 2 is 2.13 bits per heavy atom. The molecule has 0 aliphatic carbocycles. The summed E-state index contributed by atoms with van der Waals surface area (Å²) in [6.07, 6.45) is 5.00. The zero-order valence-corrected chi connectivity index (χ0v) is 16.9. The van der Waals surface area contributed by atoms with Gasteiger partial charge in [-0.15, -0.1) is 0 Å². The Hall–Kier alpha value is -3.16. The lowest BCUT2D eigenvalue weighted by Gasteiger charge is -2.14. The molecule has 4 heterocycles. The summed E-state index contributed by atoms with van der Waals surface area (Å²) >= 11 is 0. The molecule has 30 heavy (non-hydrogen) atoms. The minimum absolute atomic E-state index is 0.188. The van der Waals surface area contributed by atoms with Gasteiger partial charge >= 0.3 is 0 Å². The Kier molecular flexibility index (Phi) is 5.21. The van der Waals surface area contributed by atoms with Gasteiger partial charge in [-0.25, -0.2) is 9.97 Å². The lowest BCUT2D eigenvalue weighted by atomic mass is 10.1. The number of aromatic nitrogens is 3. The van der Waals surface area contributed by atoms with E-state index in [0.29, 0.717) is 13.2 Å². The average molecular weight is 404 g/mol. The molecule has 3 aromatic heterocycles. The van der Waals surface area contributed by atoms with Crippen molar-refractivity contribution >= 4 is 16.6 Å². The van der Waals surface area contributed by atoms with Crippen molar-refractivity contribution in [2.45, 2.75) is 12.5 Å². The molecular formula is C23H24N4O3. The summed E-state index contributed by atoms with van der Waals surface area (Å²) in [5, 5.41) is 4.40. The summed E-state index contributed by atoms with van der Waals surface area (Å²) < 4.78 is 19.0. The maximum Gasteiger partial charge on any atom is 0.146 e. The van der Waals surface area contributed by atoms with Gasteiger partial charge in [-0.1, -0.05) is 18.2 Å². The van der Waals surface area contributed by atoms with Crippen LogP contribution in [0.2, 0.25) is 0 Å². The standard InChI is InChI=1S/C23H24N4O3/c1-28-11-12-29-17-8-10-27-20(15-25-22(27)13-17)19-6-5-16-3-2-4-21(23(16)26-19)30-18-7-9-24-14-18/h2-6,8,10,13,15,18,24H,7,9,11-12,14H2,1H3/t18-/m1/s1. The van der Waals surface area contributed by atoms with Gasteiger partial charge < -0.3 is 19.5 Å². The molecule has 154 valence electrons. The highest BCUT2D eigenvalue weighted by Gasteiger charge is 2.18. The highest BCUT2D eigenvalue weighted by atomic mass is 16.5. The van der Waals surface area contributed by atoms with Crippen LogP contribution in [0.1, 0.15) is 6.42 Å². The molecule has 1 aromatic carbocycles. The second kappa shape index (κ2) is 8.30. The second-order valence-electron chi connectivity index (χ2n) is 7.33. The van der Waals surface area contributed by atoms with E-state index in [0.717, 1.165) is 58.9 Å². The molecule has 0 spiro atoms. The topological polar surface area (TPSA) is 69.9 Å². The normalized spacial score (nSPS) is 16.4. The fraction of sp³-hybridized carbons (Fsp3) is 0.304. The SMILES string of the molecule is COCCOc1ccn2c(-c3ccc4cccc(O[C@@H]5CCNC5)c4n3)cnc2c1. The number of rotatable bonds is 7. The Labute approximate surface area is 174 Å². The van der Waals surface area contributed by atoms with Crippen LogP contribution in [0.15, 0.2) is 54.9 Å². The van der Waals surface area contributed by atoms with Crippen LogP contribution < -0.4 is 14.8 Å². The Balaban J connectivity index is 1.48. The van der Waals surface area contributed by atoms with Crippen molar-refractivity contribution in [2.24, 2.45) is 0 Å². The molecule has 1 saturated heterocycles. The average Bonchev–Trinajstić information content (AvgIpc) is 3.43. The summed E-state index contributed by atoms with van der Waals surface area (Å²) in [5.74, 6) is 1.59. The van der Waals surface area contributed by atoms with Crippen LogP contribution in [0.25, 0.3) is 27.9 Å². The number of nitrogens with zero attached hydrogens (tertiary/aromatic N) is 3. The molecule has 0 amide bonds. The van der Waals surface area contributed by atoms with Crippen molar-refractivity contribution in [3.05, 3.63) is 54.9 Å². The number of pyridine rings is 2. The van der Waals surface area contributed by atoms with Gasteiger partial charge in [0.2, 0.25) is 0 Å². The summed E-state index contributed by atoms with van der Waals surface area (Å²) in [6, 6.07) is 14.0. The highest BCUT2D eigenvalue weighted by molar-refractivity contribution is 5.86. The number of para-hydroxylation sites is 1. The predicted molar refractivity (Wildman–Crippen MR) is 115 cm³/mol. The van der Waals surface area contributed by atoms with Gasteiger partial charge in [0.05, 0.1) is 24.2 Å². The molecule has 1 atom stereocenters. The van der Waals surface area contributed by atoms with E-state index < -0.39 is 0 Å². The fourth-order valence-electron chi connectivity index (χ4n) is 3.75. The summed E-state index contributed by atoms with van der Waals surface area (Å²) in [4.78, 5) is 9.48. The van der Waals surface area contributed by atoms with Crippen LogP contribution >= 0.6 is 0 Å². The van der Waals surface area contributed by atoms with Gasteiger partial charge in [0, 0.05) is 31.3 Å². The van der Waals surface area contributed by atoms with Crippen molar-refractivity contribution in [3.8, 4) is 22.9 Å². The van der Waals surface area contributed by atoms with Crippen LogP contribution in [0, 0.1) is 0 Å². The van der Waals surface area contributed by atoms with Gasteiger partial charge in [-0.05, 0) is 31.2 Å². The number of benzene rings is 1. The molecule has 1 fully saturated rings. The van der Waals surface area contributed by atoms with Gasteiger partial charge in [0.1, 0.15) is 35.4 Å². The zero-order valence-electron chi connectivity index (χ0n) is 16.9. The van der Waals surface area contributed by atoms with Gasteiger partial charge in [0.25, 0.3) is 0 Å². The van der Waals surface area contributed by atoms with Crippen LogP contribution in [-0.2, 0) is 4.74 Å². The van der Waals surface area contributed by atoms with Gasteiger partial charge in [0.15, 0.2) is 0 Å². The van der Waals surface area contributed by atoms with E-state index in [-0.39, 0.29) is 6.10 Å². The first-order chi connectivity index (χ1) is 14.8. The van der Waals surface area contributed by atoms with Crippen molar-refractivity contribution in [3.63, 3.8) is 0 Å². The van der Waals surface area contributed by atoms with Crippen molar-refractivity contribution in [1.29, 1.82) is 0 Å². The van der Waals surface area contributed by atoms with E-state index >= 15 is 0 Å². The number of fused-ring (bicyclic) bond motifs is 2.